The minimum Gasteiger partial charge on any atom is -0.493 e. The highest BCUT2D eigenvalue weighted by Gasteiger charge is 2.45. The van der Waals surface area contributed by atoms with Crippen LogP contribution in [0, 0.1) is 19.7 Å². The molecule has 0 saturated carbocycles. The third-order valence-electron chi connectivity index (χ3n) is 7.07. The second kappa shape index (κ2) is 12.7. The molecule has 224 valence electrons. The number of aryl methyl sites for hydroxylation is 3. The van der Waals surface area contributed by atoms with Crippen LogP contribution < -0.4 is 14.8 Å². The number of aliphatic hydroxyl groups is 1. The predicted octanol–water partition coefficient (Wildman–Crippen LogP) is 4.97. The van der Waals surface area contributed by atoms with E-state index in [9.17, 15) is 19.1 Å². The Labute approximate surface area is 244 Å². The molecule has 1 atom stereocenters. The van der Waals surface area contributed by atoms with Crippen LogP contribution >= 0.6 is 0 Å². The number of carbonyl (C=O) groups is 2. The van der Waals surface area contributed by atoms with E-state index in [-0.39, 0.29) is 19.0 Å². The zero-order chi connectivity index (χ0) is 30.6. The summed E-state index contributed by atoms with van der Waals surface area (Å²) in [6.45, 7) is 9.24. The molecule has 3 heterocycles. The molecule has 42 heavy (non-hydrogen) atoms. The molecule has 0 aliphatic carbocycles. The van der Waals surface area contributed by atoms with Gasteiger partial charge in [0.1, 0.15) is 18.2 Å². The van der Waals surface area contributed by atoms with Crippen molar-refractivity contribution in [3.8, 4) is 11.5 Å². The highest BCUT2D eigenvalue weighted by atomic mass is 19.1. The van der Waals surface area contributed by atoms with E-state index in [1.165, 1.54) is 13.8 Å². The van der Waals surface area contributed by atoms with Crippen molar-refractivity contribution in [1.82, 2.24) is 25.2 Å². The van der Waals surface area contributed by atoms with E-state index in [0.717, 1.165) is 45.5 Å². The minimum absolute atomic E-state index is 0.114. The second-order valence-corrected chi connectivity index (χ2v) is 10.9. The van der Waals surface area contributed by atoms with Crippen molar-refractivity contribution in [3.63, 3.8) is 0 Å². The average Bonchev–Trinajstić information content (AvgIpc) is 3.47. The van der Waals surface area contributed by atoms with Gasteiger partial charge in [0.25, 0.3) is 5.91 Å². The molecule has 1 unspecified atom stereocenters. The lowest BCUT2D eigenvalue weighted by atomic mass is 9.99. The number of benzene rings is 2. The lowest BCUT2D eigenvalue weighted by Gasteiger charge is -2.23. The molecule has 2 aromatic carbocycles. The summed E-state index contributed by atoms with van der Waals surface area (Å²) in [6.07, 6.45) is 3.80. The third kappa shape index (κ3) is 6.62. The molecule has 1 saturated heterocycles. The largest absolute Gasteiger partial charge is 0.493 e. The number of H-pyrrole nitrogens is 1. The average molecular weight is 580 g/mol. The first-order valence-electron chi connectivity index (χ1n) is 14.0. The summed E-state index contributed by atoms with van der Waals surface area (Å²) < 4.78 is 24.7. The van der Waals surface area contributed by atoms with Crippen molar-refractivity contribution in [2.75, 3.05) is 20.3 Å². The van der Waals surface area contributed by atoms with Crippen LogP contribution in [-0.4, -0.2) is 68.8 Å². The van der Waals surface area contributed by atoms with E-state index >= 15 is 0 Å². The smallest absolute Gasteiger partial charge is 0.324 e. The van der Waals surface area contributed by atoms with Gasteiger partial charge in [0.2, 0.25) is 0 Å². The Kier molecular flexibility index (Phi) is 9.30. The Hall–Kier alpha value is -4.25. The number of imide groups is 1. The lowest BCUT2D eigenvalue weighted by Crippen LogP contribution is -2.48. The van der Waals surface area contributed by atoms with Gasteiger partial charge in [0, 0.05) is 34.6 Å². The number of carbonyl (C=O) groups excluding carboxylic acids is 2. The van der Waals surface area contributed by atoms with E-state index < -0.39 is 23.6 Å². The number of hydrogen-bond donors (Lipinski definition) is 3. The molecule has 0 radical (unpaired) electrons. The van der Waals surface area contributed by atoms with Crippen LogP contribution in [0.2, 0.25) is 0 Å². The number of aromatic amines is 1. The molecule has 4 aromatic rings. The van der Waals surface area contributed by atoms with Crippen LogP contribution in [0.25, 0.3) is 21.8 Å². The second-order valence-electron chi connectivity index (χ2n) is 10.9. The van der Waals surface area contributed by atoms with E-state index in [2.05, 4.69) is 27.2 Å². The van der Waals surface area contributed by atoms with Gasteiger partial charge in [-0.2, -0.15) is 0 Å². The molecular formula is C31H38FN5O5. The van der Waals surface area contributed by atoms with Gasteiger partial charge in [-0.05, 0) is 64.3 Å². The molecule has 1 fully saturated rings. The molecule has 5 rings (SSSR count). The number of methoxy groups -OCH3 is 1. The zero-order valence-corrected chi connectivity index (χ0v) is 24.9. The SMILES string of the molecule is CCCc1ncnc2cc(OCCCN3C(=O)NC(C(C)(C)O)C3=O)c(OC)cc12.Cc1cc2c(F)c(C)ccc2[nH]1. The maximum absolute atomic E-state index is 13.4. The first-order chi connectivity index (χ1) is 19.9. The Morgan fingerprint density at radius 3 is 2.52 bits per heavy atom. The van der Waals surface area contributed by atoms with Crippen molar-refractivity contribution >= 4 is 33.7 Å². The minimum atomic E-state index is -1.32. The molecule has 3 amide bonds. The molecule has 3 N–H and O–H groups in total. The van der Waals surface area contributed by atoms with Gasteiger partial charge in [0.15, 0.2) is 11.5 Å². The summed E-state index contributed by atoms with van der Waals surface area (Å²) >= 11 is 0. The number of fused-ring (bicyclic) bond motifs is 2. The van der Waals surface area contributed by atoms with E-state index in [4.69, 9.17) is 9.47 Å². The van der Waals surface area contributed by atoms with Gasteiger partial charge in [-0.3, -0.25) is 9.69 Å². The summed E-state index contributed by atoms with van der Waals surface area (Å²) in [5.41, 5.74) is 2.97. The number of hydrogen-bond acceptors (Lipinski definition) is 7. The summed E-state index contributed by atoms with van der Waals surface area (Å²) in [6, 6.07) is 7.76. The maximum atomic E-state index is 13.4. The molecule has 1 aliphatic rings. The van der Waals surface area contributed by atoms with Crippen LogP contribution in [0.4, 0.5) is 9.18 Å². The number of nitrogens with one attached hydrogen (secondary N) is 2. The van der Waals surface area contributed by atoms with Crippen LogP contribution in [0.15, 0.2) is 36.7 Å². The van der Waals surface area contributed by atoms with E-state index in [1.807, 2.05) is 31.2 Å². The third-order valence-corrected chi connectivity index (χ3v) is 7.07. The highest BCUT2D eigenvalue weighted by molar-refractivity contribution is 6.04. The van der Waals surface area contributed by atoms with Crippen molar-refractivity contribution in [2.45, 2.75) is 65.5 Å². The fourth-order valence-corrected chi connectivity index (χ4v) is 4.86. The molecule has 11 heteroatoms. The number of urea groups is 1. The quantitative estimate of drug-likeness (QED) is 0.188. The van der Waals surface area contributed by atoms with Crippen LogP contribution in [0.5, 0.6) is 11.5 Å². The van der Waals surface area contributed by atoms with Gasteiger partial charge in [-0.25, -0.2) is 19.2 Å². The number of nitrogens with zero attached hydrogens (tertiary/aromatic N) is 3. The van der Waals surface area contributed by atoms with Crippen molar-refractivity contribution in [1.29, 1.82) is 0 Å². The van der Waals surface area contributed by atoms with E-state index in [0.29, 0.717) is 28.9 Å². The topological polar surface area (TPSA) is 130 Å². The lowest BCUT2D eigenvalue weighted by molar-refractivity contribution is -0.132. The Morgan fingerprint density at radius 1 is 1.10 bits per heavy atom. The fourth-order valence-electron chi connectivity index (χ4n) is 4.86. The van der Waals surface area contributed by atoms with Crippen LogP contribution in [0.3, 0.4) is 0 Å². The summed E-state index contributed by atoms with van der Waals surface area (Å²) in [5, 5.41) is 14.2. The summed E-state index contributed by atoms with van der Waals surface area (Å²) in [7, 11) is 1.57. The standard InChI is InChI=1S/C21H28N4O5.C10H10FN/c1-5-7-14-13-10-16(29-4)17(11-15(13)23-12-22-14)30-9-6-8-25-19(26)18(21(2,3)28)24-20(25)27;1-6-3-4-9-8(10(6)11)5-7(2)12-9/h10-12,18,28H,5-9H2,1-4H3,(H,24,27);3-5,12H,1-2H3. The Balaban J connectivity index is 0.000000279. The van der Waals surface area contributed by atoms with Gasteiger partial charge in [-0.15, -0.1) is 0 Å². The number of ether oxygens (including phenoxy) is 2. The first-order valence-corrected chi connectivity index (χ1v) is 14.0. The maximum Gasteiger partial charge on any atom is 0.324 e. The molecule has 10 nitrogen and oxygen atoms in total. The zero-order valence-electron chi connectivity index (χ0n) is 24.9. The van der Waals surface area contributed by atoms with Crippen molar-refractivity contribution in [2.24, 2.45) is 0 Å². The molecule has 1 aliphatic heterocycles. The monoisotopic (exact) mass is 579 g/mol. The Morgan fingerprint density at radius 2 is 1.86 bits per heavy atom. The summed E-state index contributed by atoms with van der Waals surface area (Å²) in [4.78, 5) is 37.3. The highest BCUT2D eigenvalue weighted by Crippen LogP contribution is 2.33. The van der Waals surface area contributed by atoms with Crippen molar-refractivity contribution in [3.05, 3.63) is 59.4 Å². The predicted molar refractivity (Wildman–Crippen MR) is 158 cm³/mol. The van der Waals surface area contributed by atoms with E-state index in [1.54, 1.807) is 26.4 Å². The van der Waals surface area contributed by atoms with Crippen molar-refractivity contribution < 1.29 is 28.6 Å². The van der Waals surface area contributed by atoms with Crippen LogP contribution in [-0.2, 0) is 11.2 Å². The number of halogens is 1. The van der Waals surface area contributed by atoms with Crippen LogP contribution in [0.1, 0.15) is 50.6 Å². The van der Waals surface area contributed by atoms with Gasteiger partial charge in [-0.1, -0.05) is 19.4 Å². The van der Waals surface area contributed by atoms with Gasteiger partial charge < -0.3 is 24.9 Å². The Bertz CT molecular complexity index is 1600. The summed E-state index contributed by atoms with van der Waals surface area (Å²) in [5.74, 6) is 0.567. The fraction of sp³-hybridized carbons (Fsp3) is 0.419. The molecule has 0 spiro atoms. The molecule has 0 bridgehead atoms. The number of rotatable bonds is 9. The normalized spacial score (nSPS) is 15.1. The molecular weight excluding hydrogens is 541 g/mol. The number of aromatic nitrogens is 3. The van der Waals surface area contributed by atoms with Gasteiger partial charge >= 0.3 is 6.03 Å². The molecule has 2 aromatic heterocycles. The number of amides is 3. The van der Waals surface area contributed by atoms with Gasteiger partial charge in [0.05, 0.1) is 30.5 Å². The first kappa shape index (κ1) is 30.7.